The minimum absolute atomic E-state index is 0.112. The fourth-order valence-corrected chi connectivity index (χ4v) is 2.73. The Hall–Kier alpha value is -0.720. The molecule has 19 heavy (non-hydrogen) atoms. The second kappa shape index (κ2) is 5.00. The molecule has 0 unspecified atom stereocenters. The van der Waals surface area contributed by atoms with Crippen LogP contribution in [0.2, 0.25) is 10.0 Å². The largest absolute Gasteiger partial charge is 0.416 e. The average Bonchev–Trinajstić information content (AvgIpc) is 2.55. The van der Waals surface area contributed by atoms with Crippen molar-refractivity contribution in [1.82, 2.24) is 9.78 Å². The number of hydrogen-bond donors (Lipinski definition) is 0. The van der Waals surface area contributed by atoms with Crippen LogP contribution in [0.4, 0.5) is 13.2 Å². The van der Waals surface area contributed by atoms with Crippen molar-refractivity contribution in [3.05, 3.63) is 44.1 Å². The average molecular weight is 374 g/mol. The first-order chi connectivity index (χ1) is 8.70. The summed E-state index contributed by atoms with van der Waals surface area (Å²) >= 11 is 15.0. The predicted molar refractivity (Wildman–Crippen MR) is 71.0 cm³/mol. The Bertz CT molecular complexity index is 614. The molecule has 0 saturated carbocycles. The van der Waals surface area contributed by atoms with Gasteiger partial charge in [-0.05, 0) is 41.1 Å². The second-order valence-electron chi connectivity index (χ2n) is 3.81. The molecule has 2 aromatic rings. The topological polar surface area (TPSA) is 17.8 Å². The fraction of sp³-hybridized carbons (Fsp3) is 0.182. The quantitative estimate of drug-likeness (QED) is 0.665. The van der Waals surface area contributed by atoms with E-state index in [1.54, 1.807) is 13.0 Å². The Labute approximate surface area is 125 Å². The van der Waals surface area contributed by atoms with Gasteiger partial charge in [0.05, 0.1) is 15.6 Å². The van der Waals surface area contributed by atoms with Crippen LogP contribution in [0.15, 0.2) is 22.8 Å². The summed E-state index contributed by atoms with van der Waals surface area (Å²) in [6.07, 6.45) is -4.49. The van der Waals surface area contributed by atoms with E-state index in [1.165, 1.54) is 4.68 Å². The molecule has 0 N–H and O–H groups in total. The summed E-state index contributed by atoms with van der Waals surface area (Å²) in [4.78, 5) is 0. The summed E-state index contributed by atoms with van der Waals surface area (Å²) in [6.45, 7) is 1.74. The Balaban J connectivity index is 2.64. The molecule has 0 amide bonds. The molecular formula is C11H6BrCl2F3N2. The van der Waals surface area contributed by atoms with E-state index in [0.717, 1.165) is 12.1 Å². The lowest BCUT2D eigenvalue weighted by Gasteiger charge is -2.13. The van der Waals surface area contributed by atoms with Gasteiger partial charge in [-0.3, -0.25) is 0 Å². The minimum atomic E-state index is -4.49. The van der Waals surface area contributed by atoms with Crippen LogP contribution in [0.5, 0.6) is 0 Å². The van der Waals surface area contributed by atoms with Gasteiger partial charge in [-0.15, -0.1) is 0 Å². The van der Waals surface area contributed by atoms with Gasteiger partial charge in [0, 0.05) is 5.69 Å². The van der Waals surface area contributed by atoms with Crippen molar-refractivity contribution in [2.45, 2.75) is 13.1 Å². The zero-order chi connectivity index (χ0) is 14.4. The van der Waals surface area contributed by atoms with E-state index in [9.17, 15) is 13.2 Å². The van der Waals surface area contributed by atoms with Crippen molar-refractivity contribution in [3.63, 3.8) is 0 Å². The number of halogens is 6. The third-order valence-electron chi connectivity index (χ3n) is 2.41. The number of aromatic nitrogens is 2. The van der Waals surface area contributed by atoms with E-state index in [2.05, 4.69) is 21.0 Å². The molecule has 0 aliphatic heterocycles. The van der Waals surface area contributed by atoms with E-state index in [0.29, 0.717) is 10.3 Å². The molecule has 0 bridgehead atoms. The highest BCUT2D eigenvalue weighted by Crippen LogP contribution is 2.37. The Morgan fingerprint density at radius 1 is 1.16 bits per heavy atom. The van der Waals surface area contributed by atoms with Crippen LogP contribution >= 0.6 is 39.1 Å². The SMILES string of the molecule is Cc1cc(Br)nn1-c1c(Cl)cc(C(F)(F)F)cc1Cl. The van der Waals surface area contributed by atoms with Gasteiger partial charge in [0.15, 0.2) is 0 Å². The van der Waals surface area contributed by atoms with Crippen molar-refractivity contribution in [3.8, 4) is 5.69 Å². The Kier molecular flexibility index (Phi) is 3.86. The van der Waals surface area contributed by atoms with E-state index in [1.807, 2.05) is 0 Å². The molecule has 0 spiro atoms. The minimum Gasteiger partial charge on any atom is -0.234 e. The molecule has 1 heterocycles. The third kappa shape index (κ3) is 2.90. The maximum absolute atomic E-state index is 12.6. The molecule has 0 aliphatic rings. The van der Waals surface area contributed by atoms with Gasteiger partial charge in [-0.1, -0.05) is 23.2 Å². The highest BCUT2D eigenvalue weighted by Gasteiger charge is 2.32. The summed E-state index contributed by atoms with van der Waals surface area (Å²) in [5.41, 5.74) is 0.0186. The molecule has 1 aromatic heterocycles. The first kappa shape index (κ1) is 14.7. The Morgan fingerprint density at radius 2 is 1.68 bits per heavy atom. The van der Waals surface area contributed by atoms with Crippen LogP contribution in [0.1, 0.15) is 11.3 Å². The van der Waals surface area contributed by atoms with E-state index in [-0.39, 0.29) is 15.7 Å². The number of rotatable bonds is 1. The standard InChI is InChI=1S/C11H6BrCl2F3N2/c1-5-2-9(12)18-19(5)10-7(13)3-6(4-8(10)14)11(15,16)17/h2-4H,1H3. The summed E-state index contributed by atoms with van der Waals surface area (Å²) in [6, 6.07) is 3.36. The number of alkyl halides is 3. The van der Waals surface area contributed by atoms with Gasteiger partial charge in [-0.25, -0.2) is 4.68 Å². The zero-order valence-corrected chi connectivity index (χ0v) is 12.5. The summed E-state index contributed by atoms with van der Waals surface area (Å²) in [5, 5.41) is 3.85. The predicted octanol–water partition coefficient (Wildman–Crippen LogP) is 5.27. The van der Waals surface area contributed by atoms with Gasteiger partial charge in [0.1, 0.15) is 10.3 Å². The van der Waals surface area contributed by atoms with Crippen molar-refractivity contribution < 1.29 is 13.2 Å². The van der Waals surface area contributed by atoms with Crippen molar-refractivity contribution in [2.24, 2.45) is 0 Å². The van der Waals surface area contributed by atoms with Crippen LogP contribution in [0.3, 0.4) is 0 Å². The van der Waals surface area contributed by atoms with Crippen molar-refractivity contribution in [1.29, 1.82) is 0 Å². The number of hydrogen-bond acceptors (Lipinski definition) is 1. The summed E-state index contributed by atoms with van der Waals surface area (Å²) < 4.78 is 39.8. The first-order valence-corrected chi connectivity index (χ1v) is 6.54. The van der Waals surface area contributed by atoms with Crippen LogP contribution in [-0.2, 0) is 6.18 Å². The lowest BCUT2D eigenvalue weighted by atomic mass is 10.2. The maximum Gasteiger partial charge on any atom is 0.416 e. The molecule has 2 rings (SSSR count). The third-order valence-corrected chi connectivity index (χ3v) is 3.38. The molecule has 0 radical (unpaired) electrons. The van der Waals surface area contributed by atoms with Gasteiger partial charge in [-0.2, -0.15) is 18.3 Å². The molecule has 0 atom stereocenters. The molecule has 8 heteroatoms. The molecule has 0 saturated heterocycles. The summed E-state index contributed by atoms with van der Waals surface area (Å²) in [7, 11) is 0. The highest BCUT2D eigenvalue weighted by atomic mass is 79.9. The molecular weight excluding hydrogens is 368 g/mol. The van der Waals surface area contributed by atoms with Crippen LogP contribution < -0.4 is 0 Å². The monoisotopic (exact) mass is 372 g/mol. The highest BCUT2D eigenvalue weighted by molar-refractivity contribution is 9.10. The number of aryl methyl sites for hydroxylation is 1. The van der Waals surface area contributed by atoms with E-state index >= 15 is 0 Å². The molecule has 102 valence electrons. The zero-order valence-electron chi connectivity index (χ0n) is 9.39. The molecule has 1 aromatic carbocycles. The van der Waals surface area contributed by atoms with E-state index in [4.69, 9.17) is 23.2 Å². The Morgan fingerprint density at radius 3 is 2.05 bits per heavy atom. The smallest absolute Gasteiger partial charge is 0.234 e. The van der Waals surface area contributed by atoms with Gasteiger partial charge < -0.3 is 0 Å². The lowest BCUT2D eigenvalue weighted by molar-refractivity contribution is -0.137. The van der Waals surface area contributed by atoms with Gasteiger partial charge >= 0.3 is 6.18 Å². The summed E-state index contributed by atoms with van der Waals surface area (Å²) in [5.74, 6) is 0. The first-order valence-electron chi connectivity index (χ1n) is 4.99. The van der Waals surface area contributed by atoms with Crippen molar-refractivity contribution >= 4 is 39.1 Å². The van der Waals surface area contributed by atoms with Gasteiger partial charge in [0.25, 0.3) is 0 Å². The number of benzene rings is 1. The van der Waals surface area contributed by atoms with Gasteiger partial charge in [0.2, 0.25) is 0 Å². The maximum atomic E-state index is 12.6. The number of nitrogens with zero attached hydrogens (tertiary/aromatic N) is 2. The lowest BCUT2D eigenvalue weighted by Crippen LogP contribution is -2.07. The normalized spacial score (nSPS) is 11.9. The molecule has 0 aliphatic carbocycles. The van der Waals surface area contributed by atoms with Crippen LogP contribution in [0.25, 0.3) is 5.69 Å². The molecule has 0 fully saturated rings. The fourth-order valence-electron chi connectivity index (χ4n) is 1.59. The molecule has 2 nitrogen and oxygen atoms in total. The second-order valence-corrected chi connectivity index (χ2v) is 5.43. The van der Waals surface area contributed by atoms with Crippen LogP contribution in [-0.4, -0.2) is 9.78 Å². The van der Waals surface area contributed by atoms with Crippen molar-refractivity contribution in [2.75, 3.05) is 0 Å². The van der Waals surface area contributed by atoms with Crippen LogP contribution in [0, 0.1) is 6.92 Å². The van der Waals surface area contributed by atoms with E-state index < -0.39 is 11.7 Å².